The Hall–Kier alpha value is -2.63. The molecule has 0 amide bonds. The summed E-state index contributed by atoms with van der Waals surface area (Å²) in [7, 11) is 0. The lowest BCUT2D eigenvalue weighted by Gasteiger charge is -2.31. The molecular weight excluding hydrogens is 410 g/mol. The highest BCUT2D eigenvalue weighted by Gasteiger charge is 2.28. The average Bonchev–Trinajstić information content (AvgIpc) is 3.10. The zero-order chi connectivity index (χ0) is 22.2. The number of fused-ring (bicyclic) bond motifs is 1. The van der Waals surface area contributed by atoms with Crippen LogP contribution in [0.3, 0.4) is 0 Å². The number of hydrogen-bond acceptors (Lipinski definition) is 3. The van der Waals surface area contributed by atoms with Gasteiger partial charge in [-0.3, -0.25) is 15.0 Å². The number of non-ortho nitro benzene ring substituents is 1. The fraction of sp³-hybridized carbons (Fsp3) is 0.360. The van der Waals surface area contributed by atoms with Gasteiger partial charge in [-0.2, -0.15) is 0 Å². The average molecular weight is 438 g/mol. The summed E-state index contributed by atoms with van der Waals surface area (Å²) in [6, 6.07) is 17.9. The van der Waals surface area contributed by atoms with E-state index in [4.69, 9.17) is 11.6 Å². The van der Waals surface area contributed by atoms with Crippen molar-refractivity contribution in [2.45, 2.75) is 51.7 Å². The third-order valence-electron chi connectivity index (χ3n) is 6.06. The Morgan fingerprint density at radius 3 is 2.52 bits per heavy atom. The number of nitro benzene ring substituents is 1. The van der Waals surface area contributed by atoms with Crippen molar-refractivity contribution in [3.8, 4) is 0 Å². The predicted octanol–water partition coefficient (Wildman–Crippen LogP) is 6.34. The van der Waals surface area contributed by atoms with Gasteiger partial charge in [-0.15, -0.1) is 0 Å². The molecular formula is C25H28ClN3O2. The van der Waals surface area contributed by atoms with Crippen molar-refractivity contribution in [2.24, 2.45) is 0 Å². The summed E-state index contributed by atoms with van der Waals surface area (Å²) < 4.78 is 2.32. The summed E-state index contributed by atoms with van der Waals surface area (Å²) in [5, 5.41) is 11.8. The fourth-order valence-electron chi connectivity index (χ4n) is 4.37. The van der Waals surface area contributed by atoms with E-state index in [1.165, 1.54) is 22.9 Å². The van der Waals surface area contributed by atoms with Gasteiger partial charge in [0, 0.05) is 48.7 Å². The maximum Gasteiger partial charge on any atom is 0.269 e. The van der Waals surface area contributed by atoms with Gasteiger partial charge in [0.05, 0.1) is 11.0 Å². The summed E-state index contributed by atoms with van der Waals surface area (Å²) in [5.41, 5.74) is 4.71. The van der Waals surface area contributed by atoms with Gasteiger partial charge >= 0.3 is 0 Å². The van der Waals surface area contributed by atoms with Gasteiger partial charge in [0.15, 0.2) is 0 Å². The molecule has 0 spiro atoms. The molecule has 2 heterocycles. The van der Waals surface area contributed by atoms with Crippen LogP contribution in [0.4, 0.5) is 5.69 Å². The molecule has 0 aliphatic carbocycles. The molecule has 1 aliphatic rings. The van der Waals surface area contributed by atoms with Crippen LogP contribution < -0.4 is 0 Å². The van der Waals surface area contributed by atoms with E-state index < -0.39 is 0 Å². The molecule has 6 heteroatoms. The standard InChI is InChI=1S/C25H28ClN3O2/c1-25(2,3)20-9-7-18(8-10-20)24-23-6-4-13-27(23)14-5-15-28(24)17-19-16-21(29(30)31)11-12-22(19)26/h4,6-13,16,24H,5,14-15,17H2,1-3H3. The lowest BCUT2D eigenvalue weighted by Crippen LogP contribution is -2.29. The molecule has 0 saturated carbocycles. The number of nitro groups is 1. The van der Waals surface area contributed by atoms with Gasteiger partial charge in [0.2, 0.25) is 0 Å². The van der Waals surface area contributed by atoms with Crippen LogP contribution in [0.5, 0.6) is 0 Å². The Morgan fingerprint density at radius 1 is 1.10 bits per heavy atom. The van der Waals surface area contributed by atoms with E-state index in [0.29, 0.717) is 11.6 Å². The van der Waals surface area contributed by atoms with Crippen LogP contribution in [0.2, 0.25) is 5.02 Å². The van der Waals surface area contributed by atoms with Crippen molar-refractivity contribution in [2.75, 3.05) is 6.54 Å². The van der Waals surface area contributed by atoms with E-state index in [0.717, 1.165) is 25.1 Å². The number of nitrogens with zero attached hydrogens (tertiary/aromatic N) is 3. The molecule has 0 saturated heterocycles. The number of aromatic nitrogens is 1. The highest BCUT2D eigenvalue weighted by Crippen LogP contribution is 2.35. The van der Waals surface area contributed by atoms with Gasteiger partial charge in [-0.1, -0.05) is 56.6 Å². The van der Waals surface area contributed by atoms with Crippen LogP contribution in [0.1, 0.15) is 55.6 Å². The monoisotopic (exact) mass is 437 g/mol. The van der Waals surface area contributed by atoms with E-state index >= 15 is 0 Å². The normalized spacial score (nSPS) is 17.2. The molecule has 0 N–H and O–H groups in total. The smallest absolute Gasteiger partial charge is 0.269 e. The minimum atomic E-state index is -0.365. The third kappa shape index (κ3) is 4.53. The van der Waals surface area contributed by atoms with E-state index in [2.05, 4.69) is 72.8 Å². The topological polar surface area (TPSA) is 51.3 Å². The Kier molecular flexibility index (Phi) is 5.91. The Labute approximate surface area is 188 Å². The Morgan fingerprint density at radius 2 is 1.84 bits per heavy atom. The second-order valence-corrected chi connectivity index (χ2v) is 9.67. The lowest BCUT2D eigenvalue weighted by atomic mass is 9.86. The Bertz CT molecular complexity index is 1080. The number of hydrogen-bond donors (Lipinski definition) is 0. The minimum absolute atomic E-state index is 0.0573. The van der Waals surface area contributed by atoms with Crippen molar-refractivity contribution >= 4 is 17.3 Å². The van der Waals surface area contributed by atoms with Gasteiger partial charge in [-0.25, -0.2) is 0 Å². The first kappa shape index (κ1) is 21.6. The molecule has 0 bridgehead atoms. The van der Waals surface area contributed by atoms with Crippen molar-refractivity contribution in [1.82, 2.24) is 9.47 Å². The molecule has 0 radical (unpaired) electrons. The maximum atomic E-state index is 11.3. The molecule has 1 aromatic heterocycles. The number of benzene rings is 2. The van der Waals surface area contributed by atoms with Crippen LogP contribution >= 0.6 is 11.6 Å². The first-order valence-corrected chi connectivity index (χ1v) is 11.0. The van der Waals surface area contributed by atoms with Gasteiger partial charge in [-0.05, 0) is 46.7 Å². The lowest BCUT2D eigenvalue weighted by molar-refractivity contribution is -0.384. The molecule has 1 atom stereocenters. The summed E-state index contributed by atoms with van der Waals surface area (Å²) in [4.78, 5) is 13.3. The zero-order valence-electron chi connectivity index (χ0n) is 18.2. The quantitative estimate of drug-likeness (QED) is 0.353. The number of rotatable bonds is 4. The van der Waals surface area contributed by atoms with Gasteiger partial charge < -0.3 is 4.57 Å². The SMILES string of the molecule is CC(C)(C)c1ccc(C2c3cccn3CCCN2Cc2cc([N+](=O)[O-])ccc2Cl)cc1. The van der Waals surface area contributed by atoms with Gasteiger partial charge in [0.25, 0.3) is 5.69 Å². The summed E-state index contributed by atoms with van der Waals surface area (Å²) in [5.74, 6) is 0. The first-order valence-electron chi connectivity index (χ1n) is 10.7. The van der Waals surface area contributed by atoms with Crippen molar-refractivity contribution in [3.63, 3.8) is 0 Å². The first-order chi connectivity index (χ1) is 14.7. The molecule has 3 aromatic rings. The van der Waals surface area contributed by atoms with Crippen LogP contribution in [-0.4, -0.2) is 20.9 Å². The van der Waals surface area contributed by atoms with E-state index in [-0.39, 0.29) is 22.1 Å². The van der Waals surface area contributed by atoms with Crippen molar-refractivity contribution in [3.05, 3.63) is 98.3 Å². The maximum absolute atomic E-state index is 11.3. The van der Waals surface area contributed by atoms with Crippen molar-refractivity contribution in [1.29, 1.82) is 0 Å². The minimum Gasteiger partial charge on any atom is -0.350 e. The van der Waals surface area contributed by atoms with Crippen LogP contribution in [0, 0.1) is 10.1 Å². The highest BCUT2D eigenvalue weighted by atomic mass is 35.5. The highest BCUT2D eigenvalue weighted by molar-refractivity contribution is 6.31. The second kappa shape index (κ2) is 8.48. The second-order valence-electron chi connectivity index (χ2n) is 9.26. The summed E-state index contributed by atoms with van der Waals surface area (Å²) in [6.07, 6.45) is 3.14. The largest absolute Gasteiger partial charge is 0.350 e. The van der Waals surface area contributed by atoms with Crippen LogP contribution in [0.25, 0.3) is 0 Å². The third-order valence-corrected chi connectivity index (χ3v) is 6.43. The zero-order valence-corrected chi connectivity index (χ0v) is 19.0. The summed E-state index contributed by atoms with van der Waals surface area (Å²) in [6.45, 7) is 9.04. The molecule has 1 unspecified atom stereocenters. The van der Waals surface area contributed by atoms with E-state index in [1.807, 2.05) is 0 Å². The molecule has 31 heavy (non-hydrogen) atoms. The number of halogens is 1. The molecule has 2 aromatic carbocycles. The molecule has 1 aliphatic heterocycles. The van der Waals surface area contributed by atoms with E-state index in [9.17, 15) is 10.1 Å². The van der Waals surface area contributed by atoms with Crippen LogP contribution in [-0.2, 0) is 18.5 Å². The molecule has 5 nitrogen and oxygen atoms in total. The van der Waals surface area contributed by atoms with Gasteiger partial charge in [0.1, 0.15) is 0 Å². The molecule has 4 rings (SSSR count). The van der Waals surface area contributed by atoms with Crippen molar-refractivity contribution < 1.29 is 4.92 Å². The molecule has 0 fully saturated rings. The molecule has 162 valence electrons. The Balaban J connectivity index is 1.74. The fourth-order valence-corrected chi connectivity index (χ4v) is 4.55. The number of aryl methyl sites for hydroxylation is 1. The van der Waals surface area contributed by atoms with Crippen LogP contribution in [0.15, 0.2) is 60.8 Å². The predicted molar refractivity (Wildman–Crippen MR) is 125 cm³/mol. The summed E-state index contributed by atoms with van der Waals surface area (Å²) >= 11 is 6.45. The van der Waals surface area contributed by atoms with E-state index in [1.54, 1.807) is 12.1 Å².